The number of nitrogens with zero attached hydrogens (tertiary/aromatic N) is 1. The van der Waals surface area contributed by atoms with Crippen LogP contribution >= 0.6 is 0 Å². The van der Waals surface area contributed by atoms with Crippen molar-refractivity contribution in [1.29, 1.82) is 0 Å². The van der Waals surface area contributed by atoms with Crippen LogP contribution in [-0.2, 0) is 0 Å². The number of aliphatic hydroxyl groups is 1. The molecule has 1 heterocycles. The molecule has 1 amide bonds. The zero-order chi connectivity index (χ0) is 12.3. The molecule has 1 aromatic carbocycles. The summed E-state index contributed by atoms with van der Waals surface area (Å²) >= 11 is 0. The lowest BCUT2D eigenvalue weighted by Crippen LogP contribution is -2.24. The van der Waals surface area contributed by atoms with Gasteiger partial charge in [0.2, 0.25) is 5.91 Å². The number of nitrogens with two attached hydrogens (primary N) is 1. The maximum Gasteiger partial charge on any atom is 0.248 e. The van der Waals surface area contributed by atoms with Gasteiger partial charge in [0, 0.05) is 31.6 Å². The van der Waals surface area contributed by atoms with E-state index in [1.165, 1.54) is 0 Å². The fourth-order valence-corrected chi connectivity index (χ4v) is 2.10. The summed E-state index contributed by atoms with van der Waals surface area (Å²) in [6.45, 7) is 2.34. The van der Waals surface area contributed by atoms with E-state index in [9.17, 15) is 9.90 Å². The van der Waals surface area contributed by atoms with Crippen molar-refractivity contribution in [2.45, 2.75) is 12.5 Å². The van der Waals surface area contributed by atoms with Crippen LogP contribution in [0.4, 0.5) is 0 Å². The summed E-state index contributed by atoms with van der Waals surface area (Å²) in [6, 6.07) is 7.30. The van der Waals surface area contributed by atoms with Crippen molar-refractivity contribution in [3.05, 3.63) is 41.8 Å². The highest BCUT2D eigenvalue weighted by molar-refractivity contribution is 5.94. The molecule has 1 aliphatic heterocycles. The highest BCUT2D eigenvalue weighted by atomic mass is 16.3. The summed E-state index contributed by atoms with van der Waals surface area (Å²) < 4.78 is 0. The summed E-state index contributed by atoms with van der Waals surface area (Å²) in [6.07, 6.45) is 2.60. The molecule has 0 spiro atoms. The van der Waals surface area contributed by atoms with Crippen LogP contribution < -0.4 is 5.73 Å². The average molecular weight is 233 g/mol. The minimum atomic E-state index is -0.404. The molecule has 3 N–H and O–H groups in total. The molecule has 4 heteroatoms. The van der Waals surface area contributed by atoms with Crippen LogP contribution in [0.15, 0.2) is 24.3 Å². The van der Waals surface area contributed by atoms with Gasteiger partial charge >= 0.3 is 0 Å². The lowest BCUT2D eigenvalue weighted by atomic mass is 10.0. The highest BCUT2D eigenvalue weighted by Crippen LogP contribution is 2.14. The van der Waals surface area contributed by atoms with Gasteiger partial charge < -0.3 is 15.7 Å². The van der Waals surface area contributed by atoms with Gasteiger partial charge in [-0.25, -0.2) is 0 Å². The monoisotopic (exact) mass is 233 g/mol. The molecule has 17 heavy (non-hydrogen) atoms. The van der Waals surface area contributed by atoms with Gasteiger partial charge in [-0.3, -0.25) is 4.79 Å². The smallest absolute Gasteiger partial charge is 0.248 e. The molecule has 2 rings (SSSR count). The lowest BCUT2D eigenvalue weighted by Gasteiger charge is -2.15. The van der Waals surface area contributed by atoms with Gasteiger partial charge in [-0.05, 0) is 18.1 Å². The van der Waals surface area contributed by atoms with Gasteiger partial charge in [-0.2, -0.15) is 0 Å². The summed E-state index contributed by atoms with van der Waals surface area (Å²) in [4.78, 5) is 13.4. The molecule has 1 radical (unpaired) electrons. The van der Waals surface area contributed by atoms with Crippen LogP contribution in [0.5, 0.6) is 0 Å². The third kappa shape index (κ3) is 3.05. The number of hydrogen-bond acceptors (Lipinski definition) is 3. The number of hydrogen-bond donors (Lipinski definition) is 2. The van der Waals surface area contributed by atoms with Crippen LogP contribution in [0.3, 0.4) is 0 Å². The van der Waals surface area contributed by atoms with Crippen LogP contribution in [0.1, 0.15) is 22.3 Å². The van der Waals surface area contributed by atoms with Crippen LogP contribution in [0.2, 0.25) is 0 Å². The first kappa shape index (κ1) is 12.1. The third-order valence-corrected chi connectivity index (χ3v) is 3.04. The number of primary amides is 1. The fraction of sp³-hybridized carbons (Fsp3) is 0.385. The second-order valence-electron chi connectivity index (χ2n) is 4.36. The van der Waals surface area contributed by atoms with Crippen molar-refractivity contribution in [2.24, 2.45) is 5.73 Å². The Morgan fingerprint density at radius 2 is 2.29 bits per heavy atom. The SMILES string of the molecule is NC(=O)c1ccccc1[CH]CN1CCC(O)C1. The van der Waals surface area contributed by atoms with Gasteiger partial charge in [0.1, 0.15) is 0 Å². The molecule has 1 unspecified atom stereocenters. The Labute approximate surface area is 101 Å². The molecule has 1 saturated heterocycles. The Hall–Kier alpha value is -1.39. The molecular formula is C13H17N2O2. The Morgan fingerprint density at radius 1 is 1.53 bits per heavy atom. The third-order valence-electron chi connectivity index (χ3n) is 3.04. The second kappa shape index (κ2) is 5.29. The molecule has 0 bridgehead atoms. The van der Waals surface area contributed by atoms with Crippen molar-refractivity contribution in [1.82, 2.24) is 4.90 Å². The van der Waals surface area contributed by atoms with Crippen molar-refractivity contribution >= 4 is 5.91 Å². The number of likely N-dealkylation sites (tertiary alicyclic amines) is 1. The normalized spacial score (nSPS) is 20.6. The Balaban J connectivity index is 1.97. The van der Waals surface area contributed by atoms with Crippen molar-refractivity contribution in [3.8, 4) is 0 Å². The summed E-state index contributed by atoms with van der Waals surface area (Å²) in [5.74, 6) is -0.404. The van der Waals surface area contributed by atoms with Gasteiger partial charge in [0.05, 0.1) is 6.10 Å². The number of carbonyl (C=O) groups is 1. The first-order valence-corrected chi connectivity index (χ1v) is 5.79. The molecular weight excluding hydrogens is 216 g/mol. The second-order valence-corrected chi connectivity index (χ2v) is 4.36. The number of rotatable bonds is 4. The summed E-state index contributed by atoms with van der Waals surface area (Å²) in [5, 5.41) is 9.41. The standard InChI is InChI=1S/C13H17N2O2/c14-13(17)12-4-2-1-3-10(12)5-7-15-8-6-11(16)9-15/h1-5,11,16H,6-9H2,(H2,14,17). The van der Waals surface area contributed by atoms with Crippen LogP contribution in [0.25, 0.3) is 0 Å². The molecule has 1 fully saturated rings. The number of carbonyl (C=O) groups excluding carboxylic acids is 1. The van der Waals surface area contributed by atoms with E-state index in [1.54, 1.807) is 12.1 Å². The molecule has 91 valence electrons. The van der Waals surface area contributed by atoms with Gasteiger partial charge in [-0.15, -0.1) is 0 Å². The van der Waals surface area contributed by atoms with E-state index >= 15 is 0 Å². The summed E-state index contributed by atoms with van der Waals surface area (Å²) in [5.41, 5.74) is 6.72. The van der Waals surface area contributed by atoms with E-state index in [4.69, 9.17) is 5.73 Å². The predicted molar refractivity (Wildman–Crippen MR) is 65.4 cm³/mol. The Kier molecular flexibility index (Phi) is 3.76. The summed E-state index contributed by atoms with van der Waals surface area (Å²) in [7, 11) is 0. The lowest BCUT2D eigenvalue weighted by molar-refractivity contribution is 0.0999. The molecule has 4 nitrogen and oxygen atoms in total. The van der Waals surface area contributed by atoms with E-state index in [0.717, 1.165) is 25.1 Å². The van der Waals surface area contributed by atoms with E-state index in [2.05, 4.69) is 4.90 Å². The molecule has 1 aromatic rings. The van der Waals surface area contributed by atoms with Crippen LogP contribution in [-0.4, -0.2) is 41.7 Å². The molecule has 0 aliphatic carbocycles. The van der Waals surface area contributed by atoms with Gasteiger partial charge in [0.25, 0.3) is 0 Å². The number of amides is 1. The number of β-amino-alcohol motifs (C(OH)–C–C–N with tert-alkyl or cyclic N) is 1. The zero-order valence-corrected chi connectivity index (χ0v) is 9.67. The largest absolute Gasteiger partial charge is 0.392 e. The Bertz CT molecular complexity index is 406. The Morgan fingerprint density at radius 3 is 2.94 bits per heavy atom. The van der Waals surface area contributed by atoms with E-state index in [1.807, 2.05) is 18.6 Å². The fourth-order valence-electron chi connectivity index (χ4n) is 2.10. The average Bonchev–Trinajstić information content (AvgIpc) is 2.73. The van der Waals surface area contributed by atoms with Crippen molar-refractivity contribution in [3.63, 3.8) is 0 Å². The van der Waals surface area contributed by atoms with Crippen molar-refractivity contribution < 1.29 is 9.90 Å². The number of benzene rings is 1. The first-order valence-electron chi connectivity index (χ1n) is 5.79. The zero-order valence-electron chi connectivity index (χ0n) is 9.67. The van der Waals surface area contributed by atoms with Gasteiger partial charge in [-0.1, -0.05) is 18.2 Å². The van der Waals surface area contributed by atoms with Crippen molar-refractivity contribution in [2.75, 3.05) is 19.6 Å². The topological polar surface area (TPSA) is 66.6 Å². The highest BCUT2D eigenvalue weighted by Gasteiger charge is 2.20. The first-order chi connectivity index (χ1) is 8.16. The quantitative estimate of drug-likeness (QED) is 0.791. The molecule has 0 aromatic heterocycles. The van der Waals surface area contributed by atoms with Gasteiger partial charge in [0.15, 0.2) is 0 Å². The van der Waals surface area contributed by atoms with Crippen LogP contribution in [0, 0.1) is 6.42 Å². The maximum absolute atomic E-state index is 11.2. The molecule has 0 saturated carbocycles. The minimum Gasteiger partial charge on any atom is -0.392 e. The number of aliphatic hydroxyl groups excluding tert-OH is 1. The van der Waals surface area contributed by atoms with E-state index < -0.39 is 5.91 Å². The molecule has 1 atom stereocenters. The predicted octanol–water partition coefficient (Wildman–Crippen LogP) is 0.404. The minimum absolute atomic E-state index is 0.213. The molecule has 1 aliphatic rings. The maximum atomic E-state index is 11.2. The van der Waals surface area contributed by atoms with E-state index in [0.29, 0.717) is 12.1 Å². The van der Waals surface area contributed by atoms with E-state index in [-0.39, 0.29) is 6.10 Å².